The summed E-state index contributed by atoms with van der Waals surface area (Å²) in [5, 5.41) is 2.85. The molecule has 2 aromatic carbocycles. The Kier molecular flexibility index (Phi) is 15.4. The first-order valence-electron chi connectivity index (χ1n) is 18.2. The van der Waals surface area contributed by atoms with Crippen molar-refractivity contribution in [2.45, 2.75) is 90.6 Å². The third-order valence-corrected chi connectivity index (χ3v) is 8.61. The smallest absolute Gasteiger partial charge is 0.410 e. The summed E-state index contributed by atoms with van der Waals surface area (Å²) in [6, 6.07) is 11.8. The van der Waals surface area contributed by atoms with Crippen LogP contribution in [-0.4, -0.2) is 115 Å². The Hall–Kier alpha value is -5.02. The van der Waals surface area contributed by atoms with Gasteiger partial charge in [0.2, 0.25) is 11.8 Å². The summed E-state index contributed by atoms with van der Waals surface area (Å²) in [4.78, 5) is 78.9. The van der Waals surface area contributed by atoms with Crippen LogP contribution >= 0.6 is 0 Å². The van der Waals surface area contributed by atoms with Gasteiger partial charge in [-0.2, -0.15) is 0 Å². The number of ether oxygens (including phenoxy) is 6. The fourth-order valence-corrected chi connectivity index (χ4v) is 5.98. The maximum Gasteiger partial charge on any atom is 0.410 e. The largest absolute Gasteiger partial charge is 0.464 e. The van der Waals surface area contributed by atoms with Crippen LogP contribution in [0.5, 0.6) is 11.5 Å². The van der Waals surface area contributed by atoms with Crippen LogP contribution in [0, 0.1) is 0 Å². The number of esters is 3. The molecule has 4 rings (SSSR count). The summed E-state index contributed by atoms with van der Waals surface area (Å²) < 4.78 is 32.6. The van der Waals surface area contributed by atoms with E-state index < -0.39 is 35.5 Å². The molecule has 3 amide bonds. The van der Waals surface area contributed by atoms with Gasteiger partial charge >= 0.3 is 24.0 Å². The minimum Gasteiger partial charge on any atom is -0.464 e. The highest BCUT2D eigenvalue weighted by Gasteiger charge is 2.32. The van der Waals surface area contributed by atoms with E-state index >= 15 is 0 Å². The van der Waals surface area contributed by atoms with E-state index in [-0.39, 0.29) is 67.5 Å². The molecule has 1 atom stereocenters. The van der Waals surface area contributed by atoms with Crippen LogP contribution < -0.4 is 14.8 Å². The van der Waals surface area contributed by atoms with Crippen LogP contribution in [0.15, 0.2) is 48.5 Å². The molecule has 2 saturated heterocycles. The quantitative estimate of drug-likeness (QED) is 0.218. The second kappa shape index (κ2) is 19.9. The summed E-state index contributed by atoms with van der Waals surface area (Å²) in [7, 11) is 0. The van der Waals surface area contributed by atoms with Crippen molar-refractivity contribution < 1.29 is 57.2 Å². The number of carbonyl (C=O) groups excluding carboxylic acids is 6. The van der Waals surface area contributed by atoms with Gasteiger partial charge < -0.3 is 43.5 Å². The first kappa shape index (κ1) is 41.7. The normalized spacial score (nSPS) is 15.9. The van der Waals surface area contributed by atoms with Crippen molar-refractivity contribution in [1.82, 2.24) is 15.1 Å². The second-order valence-electron chi connectivity index (χ2n) is 14.1. The number of carbonyl (C=O) groups is 6. The van der Waals surface area contributed by atoms with Crippen LogP contribution in [0.2, 0.25) is 0 Å². The van der Waals surface area contributed by atoms with E-state index in [0.717, 1.165) is 0 Å². The monoisotopic (exact) mass is 753 g/mol. The molecule has 15 nitrogen and oxygen atoms in total. The zero-order valence-electron chi connectivity index (χ0n) is 31.6. The molecule has 0 bridgehead atoms. The molecular formula is C39H51N3O12. The van der Waals surface area contributed by atoms with Gasteiger partial charge in [-0.1, -0.05) is 24.3 Å². The number of nitrogens with zero attached hydrogens (tertiary/aromatic N) is 2. The SMILES string of the molecule is CCOC(=O)COC1CCN(C(=O)C(Cc2ccc(OC(=O)c3ccccc3OC(C)=O)cc2)NC(=O)COC2CCN(C(=O)OC(C)(C)C)CC2)CC1. The molecule has 0 spiro atoms. The Morgan fingerprint density at radius 1 is 0.796 bits per heavy atom. The number of rotatable bonds is 14. The molecule has 294 valence electrons. The highest BCUT2D eigenvalue weighted by Crippen LogP contribution is 2.23. The van der Waals surface area contributed by atoms with E-state index in [9.17, 15) is 28.8 Å². The van der Waals surface area contributed by atoms with E-state index in [1.165, 1.54) is 19.1 Å². The van der Waals surface area contributed by atoms with Gasteiger partial charge in [0.25, 0.3) is 0 Å². The summed E-state index contributed by atoms with van der Waals surface area (Å²) in [6.45, 7) is 9.84. The van der Waals surface area contributed by atoms with E-state index in [0.29, 0.717) is 57.4 Å². The Morgan fingerprint density at radius 3 is 1.98 bits per heavy atom. The minimum absolute atomic E-state index is 0.0774. The predicted octanol–water partition coefficient (Wildman–Crippen LogP) is 3.85. The zero-order chi connectivity index (χ0) is 39.3. The number of hydrogen-bond donors (Lipinski definition) is 1. The van der Waals surface area contributed by atoms with Gasteiger partial charge in [-0.25, -0.2) is 14.4 Å². The average Bonchev–Trinajstić information content (AvgIpc) is 3.13. The molecule has 2 aliphatic heterocycles. The molecule has 0 radical (unpaired) electrons. The van der Waals surface area contributed by atoms with Gasteiger partial charge in [0, 0.05) is 39.5 Å². The fourth-order valence-electron chi connectivity index (χ4n) is 5.98. The summed E-state index contributed by atoms with van der Waals surface area (Å²) in [5.41, 5.74) is 0.173. The van der Waals surface area contributed by atoms with Crippen LogP contribution in [0.4, 0.5) is 4.79 Å². The van der Waals surface area contributed by atoms with Gasteiger partial charge in [0.05, 0.1) is 18.8 Å². The van der Waals surface area contributed by atoms with Crippen molar-refractivity contribution in [3.63, 3.8) is 0 Å². The fraction of sp³-hybridized carbons (Fsp3) is 0.538. The lowest BCUT2D eigenvalue weighted by Gasteiger charge is -2.34. The number of likely N-dealkylation sites (tertiary alicyclic amines) is 2. The van der Waals surface area contributed by atoms with Crippen LogP contribution in [0.3, 0.4) is 0 Å². The minimum atomic E-state index is -0.934. The van der Waals surface area contributed by atoms with Crippen LogP contribution in [0.1, 0.15) is 76.2 Å². The van der Waals surface area contributed by atoms with E-state index in [1.54, 1.807) is 53.1 Å². The average molecular weight is 754 g/mol. The number of piperidine rings is 2. The van der Waals surface area contributed by atoms with E-state index in [2.05, 4.69) is 5.32 Å². The Bertz CT molecular complexity index is 1610. The van der Waals surface area contributed by atoms with Gasteiger partial charge in [-0.05, 0) is 83.2 Å². The second-order valence-corrected chi connectivity index (χ2v) is 14.1. The van der Waals surface area contributed by atoms with Crippen molar-refractivity contribution in [1.29, 1.82) is 0 Å². The van der Waals surface area contributed by atoms with Crippen molar-refractivity contribution in [2.24, 2.45) is 0 Å². The predicted molar refractivity (Wildman–Crippen MR) is 194 cm³/mol. The Labute approximate surface area is 315 Å². The van der Waals surface area contributed by atoms with Crippen molar-refractivity contribution in [3.05, 3.63) is 59.7 Å². The molecule has 15 heteroatoms. The maximum absolute atomic E-state index is 13.9. The lowest BCUT2D eigenvalue weighted by atomic mass is 10.0. The standard InChI is InChI=1S/C39H51N3O12/c1-6-49-35(45)25-51-29-15-19-41(20-16-29)36(46)32(40-34(44)24-50-28-17-21-42(22-18-28)38(48)54-39(3,4)5)23-27-11-13-30(14-12-27)53-37(47)31-9-7-8-10-33(31)52-26(2)43/h7-14,28-29,32H,6,15-25H2,1-5H3,(H,40,44). The molecule has 0 saturated carbocycles. The molecule has 1 unspecified atom stereocenters. The topological polar surface area (TPSA) is 176 Å². The molecule has 2 aliphatic rings. The van der Waals surface area contributed by atoms with Crippen molar-refractivity contribution in [3.8, 4) is 11.5 Å². The van der Waals surface area contributed by atoms with Gasteiger partial charge in [0.15, 0.2) is 0 Å². The third-order valence-electron chi connectivity index (χ3n) is 8.61. The molecule has 2 aromatic rings. The van der Waals surface area contributed by atoms with Crippen LogP contribution in [-0.2, 0) is 44.5 Å². The number of benzene rings is 2. The molecule has 0 aromatic heterocycles. The number of amides is 3. The third kappa shape index (κ3) is 13.4. The van der Waals surface area contributed by atoms with Crippen molar-refractivity contribution >= 4 is 35.8 Å². The summed E-state index contributed by atoms with van der Waals surface area (Å²) in [5.74, 6) is -2.18. The molecule has 2 heterocycles. The van der Waals surface area contributed by atoms with Gasteiger partial charge in [-0.15, -0.1) is 0 Å². The highest BCUT2D eigenvalue weighted by atomic mass is 16.6. The van der Waals surface area contributed by atoms with Gasteiger partial charge in [-0.3, -0.25) is 14.4 Å². The molecule has 2 fully saturated rings. The highest BCUT2D eigenvalue weighted by molar-refractivity contribution is 5.94. The Balaban J connectivity index is 1.37. The number of nitrogens with one attached hydrogen (secondary N) is 1. The van der Waals surface area contributed by atoms with Gasteiger partial charge in [0.1, 0.15) is 41.9 Å². The number of para-hydroxylation sites is 1. The summed E-state index contributed by atoms with van der Waals surface area (Å²) in [6.07, 6.45) is 1.40. The van der Waals surface area contributed by atoms with E-state index in [4.69, 9.17) is 28.4 Å². The Morgan fingerprint density at radius 2 is 1.39 bits per heavy atom. The maximum atomic E-state index is 13.9. The molecule has 54 heavy (non-hydrogen) atoms. The molecular weight excluding hydrogens is 702 g/mol. The molecule has 1 N–H and O–H groups in total. The first-order valence-corrected chi connectivity index (χ1v) is 18.2. The first-order chi connectivity index (χ1) is 25.7. The van der Waals surface area contributed by atoms with E-state index in [1.807, 2.05) is 20.8 Å². The summed E-state index contributed by atoms with van der Waals surface area (Å²) >= 11 is 0. The van der Waals surface area contributed by atoms with Crippen molar-refractivity contribution in [2.75, 3.05) is 46.0 Å². The zero-order valence-corrected chi connectivity index (χ0v) is 31.6. The lowest BCUT2D eigenvalue weighted by molar-refractivity contribution is -0.152. The molecule has 0 aliphatic carbocycles. The van der Waals surface area contributed by atoms with Crippen LogP contribution in [0.25, 0.3) is 0 Å². The lowest BCUT2D eigenvalue weighted by Crippen LogP contribution is -2.53. The number of hydrogen-bond acceptors (Lipinski definition) is 12.